The molecular weight excluding hydrogens is 468 g/mol. The van der Waals surface area contributed by atoms with Crippen LogP contribution in [0, 0.1) is 5.92 Å². The van der Waals surface area contributed by atoms with Gasteiger partial charge in [-0.15, -0.1) is 11.3 Å². The van der Waals surface area contributed by atoms with Gasteiger partial charge in [-0.3, -0.25) is 14.4 Å². The molecule has 3 aromatic rings. The average Bonchev–Trinajstić information content (AvgIpc) is 3.49. The lowest BCUT2D eigenvalue weighted by atomic mass is 10.1. The van der Waals surface area contributed by atoms with E-state index in [1.807, 2.05) is 29.6 Å². The summed E-state index contributed by atoms with van der Waals surface area (Å²) in [6.45, 7) is 2.18. The number of hydrogen-bond acceptors (Lipinski definition) is 7. The standard InChI is InChI=1S/C25H26N4O5S/c1-15(30)26-12-16-4-6-17(7-5-16)20-14-35-25(27-20)28-24(32)18-10-23(31)29(13-18)21-11-19(33-2)8-9-22(21)34-3/h4-9,11,14,18H,10,12-13H2,1-3H3,(H,26,30)(H,27,28,32). The Morgan fingerprint density at radius 2 is 1.91 bits per heavy atom. The van der Waals surface area contributed by atoms with E-state index in [2.05, 4.69) is 15.6 Å². The van der Waals surface area contributed by atoms with E-state index < -0.39 is 5.92 Å². The molecule has 3 amide bonds. The molecule has 0 spiro atoms. The van der Waals surface area contributed by atoms with E-state index in [-0.39, 0.29) is 30.7 Å². The van der Waals surface area contributed by atoms with Gasteiger partial charge in [0, 0.05) is 43.4 Å². The zero-order valence-corrected chi connectivity index (χ0v) is 20.5. The minimum absolute atomic E-state index is 0.0799. The van der Waals surface area contributed by atoms with Crippen molar-refractivity contribution in [2.24, 2.45) is 5.92 Å². The summed E-state index contributed by atoms with van der Waals surface area (Å²) in [6, 6.07) is 12.9. The minimum Gasteiger partial charge on any atom is -0.497 e. The fraction of sp³-hybridized carbons (Fsp3) is 0.280. The summed E-state index contributed by atoms with van der Waals surface area (Å²) in [5, 5.41) is 7.95. The van der Waals surface area contributed by atoms with Crippen LogP contribution in [0.1, 0.15) is 18.9 Å². The highest BCUT2D eigenvalue weighted by atomic mass is 32.1. The molecule has 0 saturated carbocycles. The number of carbonyl (C=O) groups excluding carboxylic acids is 3. The van der Waals surface area contributed by atoms with Crippen molar-refractivity contribution in [2.75, 3.05) is 31.0 Å². The number of hydrogen-bond donors (Lipinski definition) is 2. The summed E-state index contributed by atoms with van der Waals surface area (Å²) in [7, 11) is 3.09. The van der Waals surface area contributed by atoms with Crippen molar-refractivity contribution in [3.05, 3.63) is 53.4 Å². The van der Waals surface area contributed by atoms with Gasteiger partial charge in [0.2, 0.25) is 17.7 Å². The number of thiazole rings is 1. The molecule has 4 rings (SSSR count). The second-order valence-electron chi connectivity index (χ2n) is 8.08. The van der Waals surface area contributed by atoms with Crippen molar-refractivity contribution >= 4 is 39.9 Å². The first-order valence-corrected chi connectivity index (χ1v) is 11.9. The van der Waals surface area contributed by atoms with Gasteiger partial charge >= 0.3 is 0 Å². The minimum atomic E-state index is -0.515. The predicted octanol–water partition coefficient (Wildman–Crippen LogP) is 3.46. The van der Waals surface area contributed by atoms with Gasteiger partial charge in [0.1, 0.15) is 11.5 Å². The van der Waals surface area contributed by atoms with Gasteiger partial charge in [-0.25, -0.2) is 4.98 Å². The van der Waals surface area contributed by atoms with Crippen LogP contribution in [0.2, 0.25) is 0 Å². The fourth-order valence-electron chi connectivity index (χ4n) is 3.81. The summed E-state index contributed by atoms with van der Waals surface area (Å²) in [4.78, 5) is 42.8. The highest BCUT2D eigenvalue weighted by Crippen LogP contribution is 2.36. The zero-order chi connectivity index (χ0) is 24.9. The van der Waals surface area contributed by atoms with Gasteiger partial charge in [0.25, 0.3) is 0 Å². The third-order valence-corrected chi connectivity index (χ3v) is 6.46. The van der Waals surface area contributed by atoms with Crippen molar-refractivity contribution < 1.29 is 23.9 Å². The Labute approximate surface area is 207 Å². The Hall–Kier alpha value is -3.92. The number of rotatable bonds is 8. The topological polar surface area (TPSA) is 110 Å². The third-order valence-electron chi connectivity index (χ3n) is 5.70. The summed E-state index contributed by atoms with van der Waals surface area (Å²) in [5.41, 5.74) is 3.20. The van der Waals surface area contributed by atoms with E-state index in [1.54, 1.807) is 30.2 Å². The maximum Gasteiger partial charge on any atom is 0.231 e. The number of methoxy groups -OCH3 is 2. The van der Waals surface area contributed by atoms with Crippen LogP contribution in [0.25, 0.3) is 11.3 Å². The molecule has 1 atom stereocenters. The first-order chi connectivity index (χ1) is 16.9. The normalized spacial score (nSPS) is 15.1. The molecule has 9 nitrogen and oxygen atoms in total. The quantitative estimate of drug-likeness (QED) is 0.496. The summed E-state index contributed by atoms with van der Waals surface area (Å²) < 4.78 is 10.7. The van der Waals surface area contributed by atoms with Gasteiger partial charge in [-0.1, -0.05) is 24.3 Å². The lowest BCUT2D eigenvalue weighted by Gasteiger charge is -2.20. The largest absolute Gasteiger partial charge is 0.497 e. The molecule has 0 bridgehead atoms. The van der Waals surface area contributed by atoms with Crippen LogP contribution in [0.3, 0.4) is 0 Å². The number of anilines is 2. The molecule has 0 aliphatic carbocycles. The van der Waals surface area contributed by atoms with Crippen molar-refractivity contribution in [3.8, 4) is 22.8 Å². The second kappa shape index (κ2) is 10.6. The maximum absolute atomic E-state index is 12.9. The molecule has 182 valence electrons. The van der Waals surface area contributed by atoms with E-state index >= 15 is 0 Å². The van der Waals surface area contributed by atoms with Gasteiger partial charge in [-0.2, -0.15) is 0 Å². The smallest absolute Gasteiger partial charge is 0.231 e. The van der Waals surface area contributed by atoms with Crippen molar-refractivity contribution in [2.45, 2.75) is 19.9 Å². The van der Waals surface area contributed by atoms with E-state index in [0.717, 1.165) is 16.8 Å². The number of nitrogens with zero attached hydrogens (tertiary/aromatic N) is 2. The van der Waals surface area contributed by atoms with E-state index in [4.69, 9.17) is 9.47 Å². The number of ether oxygens (including phenoxy) is 2. The molecule has 1 saturated heterocycles. The molecule has 2 N–H and O–H groups in total. The third kappa shape index (κ3) is 5.60. The number of carbonyl (C=O) groups is 3. The first kappa shape index (κ1) is 24.2. The Balaban J connectivity index is 1.41. The van der Waals surface area contributed by atoms with Gasteiger partial charge < -0.3 is 25.0 Å². The van der Waals surface area contributed by atoms with Crippen LogP contribution < -0.4 is 25.0 Å². The monoisotopic (exact) mass is 494 g/mol. The molecule has 1 aliphatic rings. The first-order valence-electron chi connectivity index (χ1n) is 11.0. The Kier molecular flexibility index (Phi) is 7.31. The molecule has 2 aromatic carbocycles. The number of aromatic nitrogens is 1. The molecule has 1 aromatic heterocycles. The molecule has 0 radical (unpaired) electrons. The van der Waals surface area contributed by atoms with Crippen LogP contribution in [0.15, 0.2) is 47.8 Å². The van der Waals surface area contributed by atoms with Crippen molar-refractivity contribution in [1.29, 1.82) is 0 Å². The summed E-state index contributed by atoms with van der Waals surface area (Å²) in [6.07, 6.45) is 0.0974. The molecule has 1 fully saturated rings. The molecule has 1 unspecified atom stereocenters. The molecule has 10 heteroatoms. The number of nitrogens with one attached hydrogen (secondary N) is 2. The zero-order valence-electron chi connectivity index (χ0n) is 19.7. The van der Waals surface area contributed by atoms with Crippen LogP contribution >= 0.6 is 11.3 Å². The van der Waals surface area contributed by atoms with Crippen molar-refractivity contribution in [1.82, 2.24) is 10.3 Å². The Morgan fingerprint density at radius 1 is 1.14 bits per heavy atom. The van der Waals surface area contributed by atoms with Crippen LogP contribution in [-0.2, 0) is 20.9 Å². The highest BCUT2D eigenvalue weighted by Gasteiger charge is 2.36. The predicted molar refractivity (Wildman–Crippen MR) is 134 cm³/mol. The molecule has 2 heterocycles. The van der Waals surface area contributed by atoms with Crippen LogP contribution in [0.4, 0.5) is 10.8 Å². The maximum atomic E-state index is 12.9. The van der Waals surface area contributed by atoms with E-state index in [0.29, 0.717) is 28.9 Å². The second-order valence-corrected chi connectivity index (χ2v) is 8.94. The molecule has 1 aliphatic heterocycles. The van der Waals surface area contributed by atoms with Gasteiger partial charge in [0.05, 0.1) is 31.5 Å². The van der Waals surface area contributed by atoms with Crippen LogP contribution in [0.5, 0.6) is 11.5 Å². The Morgan fingerprint density at radius 3 is 2.60 bits per heavy atom. The molecular formula is C25H26N4O5S. The number of amides is 3. The van der Waals surface area contributed by atoms with Gasteiger partial charge in [-0.05, 0) is 17.7 Å². The average molecular weight is 495 g/mol. The molecule has 35 heavy (non-hydrogen) atoms. The van der Waals surface area contributed by atoms with Crippen molar-refractivity contribution in [3.63, 3.8) is 0 Å². The fourth-order valence-corrected chi connectivity index (χ4v) is 4.54. The van der Waals surface area contributed by atoms with Gasteiger partial charge in [0.15, 0.2) is 5.13 Å². The summed E-state index contributed by atoms with van der Waals surface area (Å²) >= 11 is 1.32. The number of benzene rings is 2. The summed E-state index contributed by atoms with van der Waals surface area (Å²) in [5.74, 6) is 0.125. The Bertz CT molecular complexity index is 1240. The van der Waals surface area contributed by atoms with E-state index in [9.17, 15) is 14.4 Å². The lowest BCUT2D eigenvalue weighted by Crippen LogP contribution is -2.28. The van der Waals surface area contributed by atoms with E-state index in [1.165, 1.54) is 25.4 Å². The highest BCUT2D eigenvalue weighted by molar-refractivity contribution is 7.14. The SMILES string of the molecule is COc1ccc(OC)c(N2CC(C(=O)Nc3nc(-c4ccc(CNC(C)=O)cc4)cs3)CC2=O)c1. The lowest BCUT2D eigenvalue weighted by molar-refractivity contribution is -0.122. The van der Waals surface area contributed by atoms with Crippen LogP contribution in [-0.4, -0.2) is 43.5 Å².